The molecule has 3 aromatic carbocycles. The van der Waals surface area contributed by atoms with Crippen molar-refractivity contribution in [1.29, 1.82) is 0 Å². The minimum absolute atomic E-state index is 0.0998. The summed E-state index contributed by atoms with van der Waals surface area (Å²) in [5.41, 5.74) is 5.96. The Kier molecular flexibility index (Phi) is 5.87. The van der Waals surface area contributed by atoms with Crippen LogP contribution in [0.15, 0.2) is 70.6 Å². The second kappa shape index (κ2) is 8.99. The average Bonchev–Trinajstić information content (AvgIpc) is 3.24. The number of nitrogens with zero attached hydrogens (tertiary/aromatic N) is 4. The quantitative estimate of drug-likeness (QED) is 0.244. The Bertz CT molecular complexity index is 1590. The van der Waals surface area contributed by atoms with Gasteiger partial charge in [0.15, 0.2) is 5.16 Å². The van der Waals surface area contributed by atoms with Crippen LogP contribution >= 0.6 is 11.8 Å². The molecular weight excluding hydrogens is 444 g/mol. The first-order valence-corrected chi connectivity index (χ1v) is 12.2. The molecule has 0 amide bonds. The summed E-state index contributed by atoms with van der Waals surface area (Å²) in [6.07, 6.45) is 0. The molecule has 0 aliphatic heterocycles. The molecular formula is C27H26N4O2S. The van der Waals surface area contributed by atoms with Gasteiger partial charge in [0.2, 0.25) is 5.78 Å². The third-order valence-corrected chi connectivity index (χ3v) is 6.80. The summed E-state index contributed by atoms with van der Waals surface area (Å²) in [5, 5.41) is 10.3. The van der Waals surface area contributed by atoms with Crippen LogP contribution in [-0.4, -0.2) is 31.5 Å². The van der Waals surface area contributed by atoms with Crippen LogP contribution < -0.4 is 10.3 Å². The minimum Gasteiger partial charge on any atom is -0.492 e. The Hall–Kier alpha value is -3.58. The molecule has 0 saturated carbocycles. The molecule has 172 valence electrons. The van der Waals surface area contributed by atoms with Crippen molar-refractivity contribution in [2.75, 3.05) is 12.4 Å². The summed E-state index contributed by atoms with van der Waals surface area (Å²) in [6, 6.07) is 19.9. The predicted molar refractivity (Wildman–Crippen MR) is 138 cm³/mol. The van der Waals surface area contributed by atoms with Gasteiger partial charge >= 0.3 is 0 Å². The summed E-state index contributed by atoms with van der Waals surface area (Å²) in [4.78, 5) is 13.5. The molecule has 2 heterocycles. The smallest absolute Gasteiger partial charge is 0.267 e. The van der Waals surface area contributed by atoms with E-state index in [1.54, 1.807) is 16.3 Å². The average molecular weight is 471 g/mol. The lowest BCUT2D eigenvalue weighted by Crippen LogP contribution is -2.22. The Labute approximate surface area is 202 Å². The molecule has 34 heavy (non-hydrogen) atoms. The number of thioether (sulfide) groups is 1. The van der Waals surface area contributed by atoms with Crippen LogP contribution in [0.3, 0.4) is 0 Å². The monoisotopic (exact) mass is 470 g/mol. The van der Waals surface area contributed by atoms with Gasteiger partial charge < -0.3 is 4.74 Å². The third kappa shape index (κ3) is 3.96. The third-order valence-electron chi connectivity index (χ3n) is 5.90. The van der Waals surface area contributed by atoms with Gasteiger partial charge in [-0.05, 0) is 68.7 Å². The fraction of sp³-hybridized carbons (Fsp3) is 0.222. The number of hydrogen-bond donors (Lipinski definition) is 0. The normalized spacial score (nSPS) is 11.4. The number of hydrogen-bond acceptors (Lipinski definition) is 5. The lowest BCUT2D eigenvalue weighted by molar-refractivity contribution is 0.341. The molecule has 0 aliphatic carbocycles. The number of fused-ring (bicyclic) bond motifs is 3. The van der Waals surface area contributed by atoms with Crippen molar-refractivity contribution >= 4 is 28.4 Å². The van der Waals surface area contributed by atoms with Crippen LogP contribution in [0.2, 0.25) is 0 Å². The molecule has 0 bridgehead atoms. The van der Waals surface area contributed by atoms with Crippen molar-refractivity contribution in [3.63, 3.8) is 0 Å². The van der Waals surface area contributed by atoms with Crippen molar-refractivity contribution < 1.29 is 4.74 Å². The van der Waals surface area contributed by atoms with Gasteiger partial charge in [0, 0.05) is 5.75 Å². The van der Waals surface area contributed by atoms with E-state index in [-0.39, 0.29) is 5.56 Å². The Morgan fingerprint density at radius 2 is 1.65 bits per heavy atom. The van der Waals surface area contributed by atoms with Gasteiger partial charge in [-0.1, -0.05) is 53.7 Å². The van der Waals surface area contributed by atoms with E-state index >= 15 is 0 Å². The molecule has 0 spiro atoms. The van der Waals surface area contributed by atoms with Crippen molar-refractivity contribution in [1.82, 2.24) is 19.2 Å². The van der Waals surface area contributed by atoms with Gasteiger partial charge in [0.25, 0.3) is 5.56 Å². The van der Waals surface area contributed by atoms with E-state index in [0.717, 1.165) is 38.8 Å². The van der Waals surface area contributed by atoms with Crippen molar-refractivity contribution in [2.24, 2.45) is 0 Å². The highest BCUT2D eigenvalue weighted by molar-refractivity contribution is 7.99. The summed E-state index contributed by atoms with van der Waals surface area (Å²) < 4.78 is 9.66. The largest absolute Gasteiger partial charge is 0.492 e. The van der Waals surface area contributed by atoms with Crippen LogP contribution in [0.4, 0.5) is 0 Å². The van der Waals surface area contributed by atoms with Gasteiger partial charge in [0.05, 0.1) is 23.2 Å². The fourth-order valence-electron chi connectivity index (χ4n) is 4.19. The van der Waals surface area contributed by atoms with Crippen molar-refractivity contribution in [3.05, 3.63) is 93.3 Å². The first-order valence-electron chi connectivity index (χ1n) is 11.2. The Morgan fingerprint density at radius 3 is 2.47 bits per heavy atom. The number of benzene rings is 3. The molecule has 0 atom stereocenters. The number of aromatic nitrogens is 4. The highest BCUT2D eigenvalue weighted by Crippen LogP contribution is 2.25. The second-order valence-electron chi connectivity index (χ2n) is 8.53. The number of ether oxygens (including phenoxy) is 1. The number of aryl methyl sites for hydroxylation is 4. The molecule has 0 fully saturated rings. The molecule has 2 aromatic heterocycles. The second-order valence-corrected chi connectivity index (χ2v) is 9.59. The molecule has 0 N–H and O–H groups in total. The SMILES string of the molecule is Cc1ccc(-n2c(=O)c3ccccc3n3c(SCCOc4cc(C)ccc4C)nnc23)c(C)c1. The van der Waals surface area contributed by atoms with E-state index in [9.17, 15) is 4.79 Å². The molecule has 7 heteroatoms. The van der Waals surface area contributed by atoms with Crippen LogP contribution in [0.1, 0.15) is 22.3 Å². The minimum atomic E-state index is -0.0998. The van der Waals surface area contributed by atoms with Crippen LogP contribution in [0.5, 0.6) is 5.75 Å². The summed E-state index contributed by atoms with van der Waals surface area (Å²) >= 11 is 1.57. The first-order chi connectivity index (χ1) is 16.4. The predicted octanol–water partition coefficient (Wildman–Crippen LogP) is 5.44. The molecule has 6 nitrogen and oxygen atoms in total. The summed E-state index contributed by atoms with van der Waals surface area (Å²) in [6.45, 7) is 8.70. The fourth-order valence-corrected chi connectivity index (χ4v) is 4.95. The van der Waals surface area contributed by atoms with Gasteiger partial charge in [-0.25, -0.2) is 4.57 Å². The Morgan fingerprint density at radius 1 is 0.882 bits per heavy atom. The van der Waals surface area contributed by atoms with E-state index < -0.39 is 0 Å². The van der Waals surface area contributed by atoms with Crippen molar-refractivity contribution in [3.8, 4) is 11.4 Å². The summed E-state index contributed by atoms with van der Waals surface area (Å²) in [5.74, 6) is 2.11. The Balaban J connectivity index is 1.53. The lowest BCUT2D eigenvalue weighted by Gasteiger charge is -2.14. The molecule has 5 aromatic rings. The van der Waals surface area contributed by atoms with Crippen LogP contribution in [0.25, 0.3) is 22.4 Å². The highest BCUT2D eigenvalue weighted by Gasteiger charge is 2.18. The van der Waals surface area contributed by atoms with E-state index in [1.165, 1.54) is 5.56 Å². The van der Waals surface area contributed by atoms with E-state index in [0.29, 0.717) is 23.5 Å². The number of para-hydroxylation sites is 1. The zero-order valence-electron chi connectivity index (χ0n) is 19.7. The van der Waals surface area contributed by atoms with E-state index in [1.807, 2.05) is 61.6 Å². The summed E-state index contributed by atoms with van der Waals surface area (Å²) in [7, 11) is 0. The van der Waals surface area contributed by atoms with Gasteiger partial charge in [-0.2, -0.15) is 0 Å². The zero-order valence-corrected chi connectivity index (χ0v) is 20.5. The van der Waals surface area contributed by atoms with Crippen molar-refractivity contribution in [2.45, 2.75) is 32.9 Å². The molecule has 5 rings (SSSR count). The van der Waals surface area contributed by atoms with Gasteiger partial charge in [0.1, 0.15) is 5.75 Å². The topological polar surface area (TPSA) is 61.4 Å². The maximum Gasteiger partial charge on any atom is 0.267 e. The molecule has 0 unspecified atom stereocenters. The van der Waals surface area contributed by atoms with E-state index in [4.69, 9.17) is 4.74 Å². The number of rotatable bonds is 6. The maximum atomic E-state index is 13.5. The molecule has 0 aliphatic rings. The first kappa shape index (κ1) is 22.2. The standard InChI is InChI=1S/C27H26N4O2S/c1-17-10-12-22(20(4)15-17)30-25(32)21-7-5-6-8-23(21)31-26(30)28-29-27(31)34-14-13-33-24-16-18(2)9-11-19(24)3/h5-12,15-16H,13-14H2,1-4H3. The lowest BCUT2D eigenvalue weighted by atomic mass is 10.1. The van der Waals surface area contributed by atoms with Gasteiger partial charge in [-0.3, -0.25) is 9.20 Å². The van der Waals surface area contributed by atoms with Gasteiger partial charge in [-0.15, -0.1) is 10.2 Å². The zero-order chi connectivity index (χ0) is 23.8. The molecule has 0 radical (unpaired) electrons. The highest BCUT2D eigenvalue weighted by atomic mass is 32.2. The van der Waals surface area contributed by atoms with Crippen LogP contribution in [-0.2, 0) is 0 Å². The van der Waals surface area contributed by atoms with Crippen LogP contribution in [0, 0.1) is 27.7 Å². The molecule has 0 saturated heterocycles. The van der Waals surface area contributed by atoms with E-state index in [2.05, 4.69) is 41.4 Å². The maximum absolute atomic E-state index is 13.5.